The normalized spacial score (nSPS) is 10.3. The molecule has 84 valence electrons. The zero-order valence-corrected chi connectivity index (χ0v) is 9.62. The van der Waals surface area contributed by atoms with Gasteiger partial charge in [-0.25, -0.2) is 4.98 Å². The molecule has 0 saturated carbocycles. The molecule has 1 aromatic heterocycles. The monoisotopic (exact) mass is 236 g/mol. The topological polar surface area (TPSA) is 76.8 Å². The number of ether oxygens (including phenoxy) is 1. The number of thioether (sulfide) groups is 1. The third-order valence-electron chi connectivity index (χ3n) is 2.06. The number of nitrogens with two attached hydrogens (primary N) is 1. The second kappa shape index (κ2) is 4.89. The maximum Gasteiger partial charge on any atom is 0.183 e. The Balaban J connectivity index is 2.11. The fourth-order valence-electron chi connectivity index (χ4n) is 1.32. The lowest BCUT2D eigenvalue weighted by Crippen LogP contribution is -1.93. The van der Waals surface area contributed by atoms with Gasteiger partial charge in [0.1, 0.15) is 12.1 Å². The van der Waals surface area contributed by atoms with Gasteiger partial charge in [-0.05, 0) is 18.2 Å². The predicted molar refractivity (Wildman–Crippen MR) is 63.4 cm³/mol. The molecule has 0 radical (unpaired) electrons. The molecule has 0 saturated heterocycles. The van der Waals surface area contributed by atoms with Crippen molar-refractivity contribution in [3.8, 4) is 5.75 Å². The lowest BCUT2D eigenvalue weighted by atomic mass is 10.2. The smallest absolute Gasteiger partial charge is 0.183 e. The summed E-state index contributed by atoms with van der Waals surface area (Å²) >= 11 is 1.55. The highest BCUT2D eigenvalue weighted by Crippen LogP contribution is 2.27. The number of nitrogens with one attached hydrogen (secondary N) is 1. The third kappa shape index (κ3) is 2.46. The number of aromatic nitrogens is 3. The van der Waals surface area contributed by atoms with Gasteiger partial charge in [0.25, 0.3) is 0 Å². The van der Waals surface area contributed by atoms with E-state index in [4.69, 9.17) is 10.5 Å². The maximum atomic E-state index is 5.73. The predicted octanol–water partition coefficient (Wildman–Crippen LogP) is 1.69. The Morgan fingerprint density at radius 2 is 2.38 bits per heavy atom. The van der Waals surface area contributed by atoms with Crippen LogP contribution in [0.15, 0.2) is 29.7 Å². The lowest BCUT2D eigenvalue weighted by molar-refractivity contribution is 0.411. The molecule has 0 atom stereocenters. The summed E-state index contributed by atoms with van der Waals surface area (Å²) < 4.78 is 5.26. The number of nitrogen functional groups attached to an aromatic ring is 1. The summed E-state index contributed by atoms with van der Waals surface area (Å²) in [6.07, 6.45) is 1.49. The highest BCUT2D eigenvalue weighted by Gasteiger charge is 2.05. The summed E-state index contributed by atoms with van der Waals surface area (Å²) in [6, 6.07) is 5.59. The van der Waals surface area contributed by atoms with Crippen molar-refractivity contribution in [2.24, 2.45) is 0 Å². The Morgan fingerprint density at radius 1 is 1.50 bits per heavy atom. The van der Waals surface area contributed by atoms with Crippen LogP contribution in [0.3, 0.4) is 0 Å². The van der Waals surface area contributed by atoms with Crippen molar-refractivity contribution in [1.29, 1.82) is 0 Å². The summed E-state index contributed by atoms with van der Waals surface area (Å²) in [6.45, 7) is 0. The van der Waals surface area contributed by atoms with E-state index in [1.807, 2.05) is 18.2 Å². The van der Waals surface area contributed by atoms with Gasteiger partial charge in [0.2, 0.25) is 0 Å². The van der Waals surface area contributed by atoms with Gasteiger partial charge in [-0.1, -0.05) is 11.8 Å². The van der Waals surface area contributed by atoms with Gasteiger partial charge in [-0.2, -0.15) is 5.10 Å². The molecule has 6 heteroatoms. The maximum absolute atomic E-state index is 5.73. The second-order valence-corrected chi connectivity index (χ2v) is 4.11. The van der Waals surface area contributed by atoms with Gasteiger partial charge >= 0.3 is 0 Å². The van der Waals surface area contributed by atoms with Crippen molar-refractivity contribution >= 4 is 17.4 Å². The Labute approximate surface area is 97.4 Å². The van der Waals surface area contributed by atoms with Crippen LogP contribution in [0.25, 0.3) is 0 Å². The van der Waals surface area contributed by atoms with E-state index < -0.39 is 0 Å². The van der Waals surface area contributed by atoms with Crippen molar-refractivity contribution in [3.63, 3.8) is 0 Å². The van der Waals surface area contributed by atoms with Crippen molar-refractivity contribution in [1.82, 2.24) is 15.2 Å². The molecule has 2 rings (SSSR count). The molecule has 0 fully saturated rings. The zero-order valence-electron chi connectivity index (χ0n) is 8.80. The Kier molecular flexibility index (Phi) is 3.31. The molecule has 0 bridgehead atoms. The van der Waals surface area contributed by atoms with E-state index in [0.29, 0.717) is 0 Å². The number of benzene rings is 1. The van der Waals surface area contributed by atoms with Crippen molar-refractivity contribution < 1.29 is 4.74 Å². The minimum Gasteiger partial charge on any atom is -0.496 e. The molecular formula is C10H12N4OS. The molecule has 2 aromatic rings. The fourth-order valence-corrected chi connectivity index (χ4v) is 2.08. The first-order chi connectivity index (χ1) is 7.79. The van der Waals surface area contributed by atoms with Crippen LogP contribution in [0.1, 0.15) is 5.56 Å². The third-order valence-corrected chi connectivity index (χ3v) is 2.99. The average molecular weight is 236 g/mol. The van der Waals surface area contributed by atoms with Crippen LogP contribution in [-0.2, 0) is 5.75 Å². The molecular weight excluding hydrogens is 224 g/mol. The lowest BCUT2D eigenvalue weighted by Gasteiger charge is -2.07. The van der Waals surface area contributed by atoms with Crippen LogP contribution < -0.4 is 10.5 Å². The van der Waals surface area contributed by atoms with Gasteiger partial charge in [0.05, 0.1) is 7.11 Å². The zero-order chi connectivity index (χ0) is 11.4. The van der Waals surface area contributed by atoms with Crippen molar-refractivity contribution in [2.45, 2.75) is 10.9 Å². The summed E-state index contributed by atoms with van der Waals surface area (Å²) in [5.74, 6) is 1.57. The van der Waals surface area contributed by atoms with Gasteiger partial charge in [0.15, 0.2) is 5.16 Å². The molecule has 0 aliphatic heterocycles. The highest BCUT2D eigenvalue weighted by atomic mass is 32.2. The number of rotatable bonds is 4. The van der Waals surface area contributed by atoms with E-state index in [1.165, 1.54) is 6.33 Å². The SMILES string of the molecule is COc1ccc(N)cc1CSc1ncn[nH]1. The minimum absolute atomic E-state index is 0.731. The van der Waals surface area contributed by atoms with E-state index in [-0.39, 0.29) is 0 Å². The first-order valence-electron chi connectivity index (χ1n) is 4.70. The summed E-state index contributed by atoms with van der Waals surface area (Å²) in [4.78, 5) is 4.03. The number of aromatic amines is 1. The van der Waals surface area contributed by atoms with Crippen molar-refractivity contribution in [2.75, 3.05) is 12.8 Å². The van der Waals surface area contributed by atoms with Crippen molar-refractivity contribution in [3.05, 3.63) is 30.1 Å². The first kappa shape index (κ1) is 10.8. The minimum atomic E-state index is 0.731. The van der Waals surface area contributed by atoms with Gasteiger partial charge in [-0.15, -0.1) is 0 Å². The molecule has 5 nitrogen and oxygen atoms in total. The first-order valence-corrected chi connectivity index (χ1v) is 5.68. The molecule has 0 amide bonds. The number of hydrogen-bond acceptors (Lipinski definition) is 5. The Hall–Kier alpha value is -1.69. The summed E-state index contributed by atoms with van der Waals surface area (Å²) in [5, 5.41) is 7.35. The number of anilines is 1. The van der Waals surface area contributed by atoms with E-state index in [0.717, 1.165) is 27.9 Å². The summed E-state index contributed by atoms with van der Waals surface area (Å²) in [7, 11) is 1.65. The fraction of sp³-hybridized carbons (Fsp3) is 0.200. The summed E-state index contributed by atoms with van der Waals surface area (Å²) in [5.41, 5.74) is 7.51. The molecule has 16 heavy (non-hydrogen) atoms. The standard InChI is InChI=1S/C10H12N4OS/c1-15-9-3-2-8(11)4-7(9)5-16-10-12-6-13-14-10/h2-4,6H,5,11H2,1H3,(H,12,13,14). The molecule has 0 aliphatic rings. The van der Waals surface area contributed by atoms with Gasteiger partial charge in [-0.3, -0.25) is 5.10 Å². The molecule has 0 unspecified atom stereocenters. The van der Waals surface area contributed by atoms with E-state index >= 15 is 0 Å². The van der Waals surface area contributed by atoms with E-state index in [1.54, 1.807) is 18.9 Å². The quantitative estimate of drug-likeness (QED) is 0.624. The van der Waals surface area contributed by atoms with Gasteiger partial charge < -0.3 is 10.5 Å². The Morgan fingerprint density at radius 3 is 3.06 bits per heavy atom. The number of methoxy groups -OCH3 is 1. The largest absolute Gasteiger partial charge is 0.496 e. The van der Waals surface area contributed by atoms with Gasteiger partial charge in [0, 0.05) is 17.0 Å². The number of hydrogen-bond donors (Lipinski definition) is 2. The number of H-pyrrole nitrogens is 1. The molecule has 1 heterocycles. The average Bonchev–Trinajstić information content (AvgIpc) is 2.79. The van der Waals surface area contributed by atoms with E-state index in [9.17, 15) is 0 Å². The van der Waals surface area contributed by atoms with Crippen LogP contribution in [0.4, 0.5) is 5.69 Å². The van der Waals surface area contributed by atoms with Crippen LogP contribution in [-0.4, -0.2) is 22.3 Å². The number of nitrogens with zero attached hydrogens (tertiary/aromatic N) is 2. The molecule has 0 spiro atoms. The van der Waals surface area contributed by atoms with Crippen LogP contribution in [0, 0.1) is 0 Å². The van der Waals surface area contributed by atoms with Crippen LogP contribution >= 0.6 is 11.8 Å². The van der Waals surface area contributed by atoms with E-state index in [2.05, 4.69) is 15.2 Å². The molecule has 0 aliphatic carbocycles. The van der Waals surface area contributed by atoms with Crippen LogP contribution in [0.2, 0.25) is 0 Å². The second-order valence-electron chi connectivity index (χ2n) is 3.15. The Bertz CT molecular complexity index is 458. The highest BCUT2D eigenvalue weighted by molar-refractivity contribution is 7.98. The van der Waals surface area contributed by atoms with Crippen LogP contribution in [0.5, 0.6) is 5.75 Å². The molecule has 1 aromatic carbocycles. The molecule has 3 N–H and O–H groups in total.